The van der Waals surface area contributed by atoms with Crippen LogP contribution in [0.15, 0.2) is 48.5 Å². The summed E-state index contributed by atoms with van der Waals surface area (Å²) in [5.74, 6) is -1.24. The number of fused-ring (bicyclic) bond motifs is 3. The fraction of sp³-hybridized carbons (Fsp3) is 0.400. The van der Waals surface area contributed by atoms with Crippen molar-refractivity contribution >= 4 is 29.7 Å². The summed E-state index contributed by atoms with van der Waals surface area (Å²) in [6.07, 6.45) is 1.52. The Labute approximate surface area is 202 Å². The number of nitrogens with zero attached hydrogens (tertiary/aromatic N) is 1. The lowest BCUT2D eigenvalue weighted by molar-refractivity contribution is -0.157. The van der Waals surface area contributed by atoms with Crippen LogP contribution in [0.1, 0.15) is 29.9 Å². The number of benzene rings is 2. The van der Waals surface area contributed by atoms with Gasteiger partial charge in [-0.2, -0.15) is 11.8 Å². The Kier molecular flexibility index (Phi) is 7.13. The molecule has 9 heteroatoms. The van der Waals surface area contributed by atoms with Crippen LogP contribution in [-0.2, 0) is 14.3 Å². The van der Waals surface area contributed by atoms with Gasteiger partial charge in [0.2, 0.25) is 5.91 Å². The number of likely N-dealkylation sites (tertiary alicyclic amines) is 1. The van der Waals surface area contributed by atoms with E-state index in [1.54, 1.807) is 0 Å². The maximum Gasteiger partial charge on any atom is 0.407 e. The van der Waals surface area contributed by atoms with Crippen LogP contribution in [-0.4, -0.2) is 76.4 Å². The summed E-state index contributed by atoms with van der Waals surface area (Å²) >= 11 is 1.53. The number of aliphatic carboxylic acids is 1. The standard InChI is InChI=1S/C25H28N2O6S/c1-34-13-10-21(22(28)27-12-11-25(32,15-27)23(29)30)26-24(31)33-14-20-18-8-4-2-6-16(18)17-7-3-5-9-19(17)20/h2-9,20-21,32H,10-15H2,1H3,(H,26,31)(H,29,30)/t21-,25?/m0/s1. The lowest BCUT2D eigenvalue weighted by Gasteiger charge is -2.25. The first-order valence-electron chi connectivity index (χ1n) is 11.2. The van der Waals surface area contributed by atoms with Gasteiger partial charge < -0.3 is 25.2 Å². The summed E-state index contributed by atoms with van der Waals surface area (Å²) in [6, 6.07) is 15.2. The van der Waals surface area contributed by atoms with Crippen molar-refractivity contribution in [1.82, 2.24) is 10.2 Å². The third-order valence-corrected chi connectivity index (χ3v) is 7.15. The zero-order valence-electron chi connectivity index (χ0n) is 18.9. The zero-order valence-corrected chi connectivity index (χ0v) is 19.7. The molecule has 2 aromatic rings. The number of hydrogen-bond acceptors (Lipinski definition) is 6. The second kappa shape index (κ2) is 10.1. The van der Waals surface area contributed by atoms with Crippen molar-refractivity contribution in [2.75, 3.05) is 31.7 Å². The van der Waals surface area contributed by atoms with Gasteiger partial charge in [-0.3, -0.25) is 4.79 Å². The molecule has 1 aliphatic carbocycles. The van der Waals surface area contributed by atoms with Crippen LogP contribution in [0.4, 0.5) is 4.79 Å². The lowest BCUT2D eigenvalue weighted by atomic mass is 9.98. The molecule has 180 valence electrons. The van der Waals surface area contributed by atoms with E-state index in [1.165, 1.54) is 16.7 Å². The summed E-state index contributed by atoms with van der Waals surface area (Å²) in [6.45, 7) is -0.0567. The van der Waals surface area contributed by atoms with Crippen molar-refractivity contribution in [3.63, 3.8) is 0 Å². The summed E-state index contributed by atoms with van der Waals surface area (Å²) < 4.78 is 5.57. The number of β-amino-alcohol motifs (C(OH)–C–C–N with tert-alkyl or cyclic N) is 1. The molecule has 2 aliphatic rings. The highest BCUT2D eigenvalue weighted by molar-refractivity contribution is 7.98. The second-order valence-corrected chi connectivity index (χ2v) is 9.64. The van der Waals surface area contributed by atoms with Crippen LogP contribution in [0, 0.1) is 0 Å². The van der Waals surface area contributed by atoms with Crippen molar-refractivity contribution in [1.29, 1.82) is 0 Å². The minimum absolute atomic E-state index is 0.0474. The number of amides is 2. The van der Waals surface area contributed by atoms with Crippen LogP contribution in [0.2, 0.25) is 0 Å². The third kappa shape index (κ3) is 4.76. The van der Waals surface area contributed by atoms with Crippen LogP contribution < -0.4 is 5.32 Å². The van der Waals surface area contributed by atoms with Gasteiger partial charge in [0.1, 0.15) is 12.6 Å². The smallest absolute Gasteiger partial charge is 0.407 e. The van der Waals surface area contributed by atoms with E-state index < -0.39 is 29.6 Å². The molecule has 3 N–H and O–H groups in total. The predicted octanol–water partition coefficient (Wildman–Crippen LogP) is 2.69. The second-order valence-electron chi connectivity index (χ2n) is 8.65. The van der Waals surface area contributed by atoms with E-state index in [2.05, 4.69) is 17.4 Å². The molecule has 1 aliphatic heterocycles. The number of nitrogens with one attached hydrogen (secondary N) is 1. The van der Waals surface area contributed by atoms with Crippen molar-refractivity contribution in [3.05, 3.63) is 59.7 Å². The first-order valence-corrected chi connectivity index (χ1v) is 12.6. The Morgan fingerprint density at radius 1 is 1.15 bits per heavy atom. The molecule has 2 atom stereocenters. The van der Waals surface area contributed by atoms with E-state index in [9.17, 15) is 24.6 Å². The molecule has 0 saturated carbocycles. The maximum atomic E-state index is 13.0. The molecule has 2 aromatic carbocycles. The first-order chi connectivity index (χ1) is 16.3. The van der Waals surface area contributed by atoms with Crippen LogP contribution >= 0.6 is 11.8 Å². The number of thioether (sulfide) groups is 1. The number of aliphatic hydroxyl groups is 1. The van der Waals surface area contributed by atoms with E-state index in [-0.39, 0.29) is 32.0 Å². The van der Waals surface area contributed by atoms with E-state index in [1.807, 2.05) is 42.7 Å². The monoisotopic (exact) mass is 484 g/mol. The quantitative estimate of drug-likeness (QED) is 0.528. The first kappa shape index (κ1) is 24.1. The minimum Gasteiger partial charge on any atom is -0.479 e. The van der Waals surface area contributed by atoms with Gasteiger partial charge >= 0.3 is 12.1 Å². The molecular weight excluding hydrogens is 456 g/mol. The maximum absolute atomic E-state index is 13.0. The molecule has 0 spiro atoms. The van der Waals surface area contributed by atoms with Crippen molar-refractivity contribution in [3.8, 4) is 11.1 Å². The van der Waals surface area contributed by atoms with Gasteiger partial charge in [-0.1, -0.05) is 48.5 Å². The molecule has 4 rings (SSSR count). The number of carboxylic acids is 1. The number of hydrogen-bond donors (Lipinski definition) is 3. The van der Waals surface area contributed by atoms with E-state index in [4.69, 9.17) is 4.74 Å². The number of alkyl carbamates (subject to hydrolysis) is 1. The number of carboxylic acid groups (broad SMARTS) is 1. The van der Waals surface area contributed by atoms with E-state index in [0.29, 0.717) is 12.2 Å². The Morgan fingerprint density at radius 2 is 1.76 bits per heavy atom. The van der Waals surface area contributed by atoms with Crippen LogP contribution in [0.25, 0.3) is 11.1 Å². The zero-order chi connectivity index (χ0) is 24.3. The van der Waals surface area contributed by atoms with Crippen LogP contribution in [0.3, 0.4) is 0 Å². The molecule has 1 fully saturated rings. The van der Waals surface area contributed by atoms with Gasteiger partial charge in [-0.15, -0.1) is 0 Å². The van der Waals surface area contributed by atoms with E-state index in [0.717, 1.165) is 22.3 Å². The molecule has 1 unspecified atom stereocenters. The van der Waals surface area contributed by atoms with Gasteiger partial charge in [-0.25, -0.2) is 9.59 Å². The van der Waals surface area contributed by atoms with Gasteiger partial charge in [0.15, 0.2) is 5.60 Å². The van der Waals surface area contributed by atoms with Crippen LogP contribution in [0.5, 0.6) is 0 Å². The summed E-state index contributed by atoms with van der Waals surface area (Å²) in [4.78, 5) is 38.3. The molecule has 8 nitrogen and oxygen atoms in total. The Balaban J connectivity index is 1.41. The predicted molar refractivity (Wildman–Crippen MR) is 129 cm³/mol. The summed E-state index contributed by atoms with van der Waals surface area (Å²) in [7, 11) is 0. The van der Waals surface area contributed by atoms with Crippen molar-refractivity contribution in [2.45, 2.75) is 30.4 Å². The van der Waals surface area contributed by atoms with Gasteiger partial charge in [0.25, 0.3) is 0 Å². The molecule has 1 saturated heterocycles. The fourth-order valence-electron chi connectivity index (χ4n) is 4.65. The minimum atomic E-state index is -1.95. The highest BCUT2D eigenvalue weighted by atomic mass is 32.2. The Bertz CT molecular complexity index is 1050. The average molecular weight is 485 g/mol. The molecule has 0 radical (unpaired) electrons. The van der Waals surface area contributed by atoms with Gasteiger partial charge in [0.05, 0.1) is 6.54 Å². The number of carbonyl (C=O) groups is 3. The molecule has 34 heavy (non-hydrogen) atoms. The SMILES string of the molecule is CSCC[C@H](NC(=O)OCC1c2ccccc2-c2ccccc21)C(=O)N1CCC(O)(C(=O)O)C1. The van der Waals surface area contributed by atoms with E-state index >= 15 is 0 Å². The molecule has 0 aromatic heterocycles. The normalized spacial score (nSPS) is 19.9. The average Bonchev–Trinajstić information content (AvgIpc) is 3.39. The molecule has 1 heterocycles. The third-order valence-electron chi connectivity index (χ3n) is 6.50. The van der Waals surface area contributed by atoms with Gasteiger partial charge in [-0.05, 0) is 40.7 Å². The number of ether oxygens (including phenoxy) is 1. The molecule has 0 bridgehead atoms. The molecule has 2 amide bonds. The van der Waals surface area contributed by atoms with Crippen molar-refractivity contribution in [2.24, 2.45) is 0 Å². The number of rotatable bonds is 8. The Hall–Kier alpha value is -3.04. The van der Waals surface area contributed by atoms with Gasteiger partial charge in [0, 0.05) is 18.9 Å². The summed E-state index contributed by atoms with van der Waals surface area (Å²) in [5, 5.41) is 22.1. The highest BCUT2D eigenvalue weighted by Gasteiger charge is 2.45. The summed E-state index contributed by atoms with van der Waals surface area (Å²) in [5.41, 5.74) is 2.48. The highest BCUT2D eigenvalue weighted by Crippen LogP contribution is 2.44. The fourth-order valence-corrected chi connectivity index (χ4v) is 5.12. The Morgan fingerprint density at radius 3 is 2.32 bits per heavy atom. The lowest BCUT2D eigenvalue weighted by Crippen LogP contribution is -2.50. The number of carbonyl (C=O) groups excluding carboxylic acids is 2. The molecular formula is C25H28N2O6S. The van der Waals surface area contributed by atoms with Crippen molar-refractivity contribution < 1.29 is 29.3 Å². The largest absolute Gasteiger partial charge is 0.479 e. The topological polar surface area (TPSA) is 116 Å².